The Hall–Kier alpha value is -3.32. The second-order valence-electron chi connectivity index (χ2n) is 10.6. The molecule has 1 aliphatic heterocycles. The Bertz CT molecular complexity index is 1120. The number of anilines is 1. The number of hydrogen-bond donors (Lipinski definition) is 2. The third-order valence-electron chi connectivity index (χ3n) is 6.06. The number of hydrazine groups is 1. The van der Waals surface area contributed by atoms with Gasteiger partial charge in [-0.25, -0.2) is 14.6 Å². The van der Waals surface area contributed by atoms with Crippen molar-refractivity contribution in [1.82, 2.24) is 10.4 Å². The van der Waals surface area contributed by atoms with E-state index in [1.165, 1.54) is 0 Å². The lowest BCUT2D eigenvalue weighted by atomic mass is 9.94. The molecule has 0 aromatic heterocycles. The van der Waals surface area contributed by atoms with E-state index in [4.69, 9.17) is 9.47 Å². The van der Waals surface area contributed by atoms with E-state index in [0.29, 0.717) is 18.7 Å². The highest BCUT2D eigenvalue weighted by atomic mass is 16.6. The molecule has 0 bridgehead atoms. The number of nitrogens with zero attached hydrogens (tertiary/aromatic N) is 1. The minimum absolute atomic E-state index is 0.108. The average Bonchev–Trinajstić information content (AvgIpc) is 3.17. The normalized spacial score (nSPS) is 16.1. The molecule has 0 aliphatic carbocycles. The molecule has 1 unspecified atom stereocenters. The zero-order valence-corrected chi connectivity index (χ0v) is 23.2. The highest BCUT2D eigenvalue weighted by Crippen LogP contribution is 2.32. The van der Waals surface area contributed by atoms with Crippen molar-refractivity contribution in [3.05, 3.63) is 65.4 Å². The molecular formula is C30H41N3O4. The maximum absolute atomic E-state index is 13.0. The minimum atomic E-state index is -0.576. The molecule has 7 nitrogen and oxygen atoms in total. The molecule has 1 heterocycles. The van der Waals surface area contributed by atoms with Gasteiger partial charge in [-0.3, -0.25) is 5.32 Å². The molecule has 7 heteroatoms. The fourth-order valence-electron chi connectivity index (χ4n) is 4.49. The van der Waals surface area contributed by atoms with Gasteiger partial charge in [0.15, 0.2) is 0 Å². The molecule has 2 aromatic carbocycles. The van der Waals surface area contributed by atoms with Crippen LogP contribution in [-0.2, 0) is 20.7 Å². The van der Waals surface area contributed by atoms with Crippen LogP contribution in [0, 0.1) is 5.92 Å². The number of para-hydroxylation sites is 1. The maximum Gasteiger partial charge on any atom is 0.412 e. The molecule has 1 amide bonds. The summed E-state index contributed by atoms with van der Waals surface area (Å²) in [7, 11) is 0. The molecule has 0 spiro atoms. The second-order valence-corrected chi connectivity index (χ2v) is 10.6. The smallest absolute Gasteiger partial charge is 0.412 e. The van der Waals surface area contributed by atoms with E-state index < -0.39 is 11.7 Å². The van der Waals surface area contributed by atoms with E-state index in [1.54, 1.807) is 0 Å². The Morgan fingerprint density at radius 3 is 2.32 bits per heavy atom. The number of rotatable bonds is 9. The number of carbonyl (C=O) groups is 2. The SMILES string of the molecule is CCCN1NC(C(C)C)=C(C(=O)OCC)C1Cc1ccc(-c2ccccc2NC(=O)OC(C)(C)C)cc1. The molecule has 2 N–H and O–H groups in total. The summed E-state index contributed by atoms with van der Waals surface area (Å²) in [5.74, 6) is -0.0684. The molecule has 0 radical (unpaired) electrons. The number of allylic oxidation sites excluding steroid dienone is 1. The number of esters is 1. The summed E-state index contributed by atoms with van der Waals surface area (Å²) < 4.78 is 10.9. The van der Waals surface area contributed by atoms with Gasteiger partial charge in [-0.15, -0.1) is 0 Å². The fraction of sp³-hybridized carbons (Fsp3) is 0.467. The van der Waals surface area contributed by atoms with Gasteiger partial charge in [-0.2, -0.15) is 0 Å². The van der Waals surface area contributed by atoms with Crippen molar-refractivity contribution in [2.24, 2.45) is 5.92 Å². The summed E-state index contributed by atoms with van der Waals surface area (Å²) in [5, 5.41) is 5.03. The predicted molar refractivity (Wildman–Crippen MR) is 148 cm³/mol. The first-order valence-corrected chi connectivity index (χ1v) is 13.2. The van der Waals surface area contributed by atoms with Crippen LogP contribution in [0.4, 0.5) is 10.5 Å². The number of nitrogens with one attached hydrogen (secondary N) is 2. The number of hydrogen-bond acceptors (Lipinski definition) is 6. The Labute approximate surface area is 221 Å². The summed E-state index contributed by atoms with van der Waals surface area (Å²) in [6, 6.07) is 15.8. The lowest BCUT2D eigenvalue weighted by Crippen LogP contribution is -2.42. The highest BCUT2D eigenvalue weighted by Gasteiger charge is 2.38. The predicted octanol–water partition coefficient (Wildman–Crippen LogP) is 6.32. The van der Waals surface area contributed by atoms with E-state index in [2.05, 4.69) is 60.8 Å². The largest absolute Gasteiger partial charge is 0.463 e. The Morgan fingerprint density at radius 2 is 1.73 bits per heavy atom. The molecule has 0 saturated heterocycles. The van der Waals surface area contributed by atoms with Crippen LogP contribution in [0.5, 0.6) is 0 Å². The summed E-state index contributed by atoms with van der Waals surface area (Å²) in [5.41, 5.74) is 8.27. The molecule has 1 aliphatic rings. The van der Waals surface area contributed by atoms with Gasteiger partial charge >= 0.3 is 12.1 Å². The van der Waals surface area contributed by atoms with Gasteiger partial charge in [-0.1, -0.05) is 63.2 Å². The van der Waals surface area contributed by atoms with Gasteiger partial charge in [-0.05, 0) is 63.6 Å². The van der Waals surface area contributed by atoms with Crippen LogP contribution in [0.3, 0.4) is 0 Å². The number of ether oxygens (including phenoxy) is 2. The maximum atomic E-state index is 13.0. The molecule has 2 aromatic rings. The topological polar surface area (TPSA) is 79.9 Å². The van der Waals surface area contributed by atoms with Gasteiger partial charge in [0, 0.05) is 17.8 Å². The quantitative estimate of drug-likeness (QED) is 0.387. The van der Waals surface area contributed by atoms with Crippen molar-refractivity contribution >= 4 is 17.7 Å². The number of amides is 1. The lowest BCUT2D eigenvalue weighted by Gasteiger charge is -2.26. The molecule has 0 saturated carbocycles. The van der Waals surface area contributed by atoms with Gasteiger partial charge in [0.25, 0.3) is 0 Å². The fourth-order valence-corrected chi connectivity index (χ4v) is 4.49. The van der Waals surface area contributed by atoms with Crippen molar-refractivity contribution in [2.45, 2.75) is 73.0 Å². The van der Waals surface area contributed by atoms with Gasteiger partial charge in [0.05, 0.1) is 23.9 Å². The summed E-state index contributed by atoms with van der Waals surface area (Å²) in [6.07, 6.45) is 1.15. The third-order valence-corrected chi connectivity index (χ3v) is 6.06. The van der Waals surface area contributed by atoms with E-state index in [1.807, 2.05) is 52.0 Å². The number of carbonyl (C=O) groups excluding carboxylic acids is 2. The first-order valence-electron chi connectivity index (χ1n) is 13.2. The first kappa shape index (κ1) is 28.3. The van der Waals surface area contributed by atoms with Crippen molar-refractivity contribution < 1.29 is 19.1 Å². The van der Waals surface area contributed by atoms with Crippen LogP contribution in [-0.4, -0.2) is 41.9 Å². The summed E-state index contributed by atoms with van der Waals surface area (Å²) in [6.45, 7) is 14.8. The van der Waals surface area contributed by atoms with E-state index >= 15 is 0 Å². The van der Waals surface area contributed by atoms with Crippen LogP contribution < -0.4 is 10.7 Å². The van der Waals surface area contributed by atoms with Crippen LogP contribution >= 0.6 is 0 Å². The standard InChI is InChI=1S/C30H41N3O4/c1-8-18-33-25(26(28(34)36-9-2)27(32-33)20(3)4)19-21-14-16-22(17-15-21)23-12-10-11-13-24(23)31-29(35)37-30(5,6)7/h10-17,20,25,32H,8-9,18-19H2,1-7H3,(H,31,35). The third kappa shape index (κ3) is 7.35. The van der Waals surface area contributed by atoms with Crippen molar-refractivity contribution in [3.8, 4) is 11.1 Å². The molecule has 37 heavy (non-hydrogen) atoms. The first-order chi connectivity index (χ1) is 17.5. The van der Waals surface area contributed by atoms with E-state index in [0.717, 1.165) is 40.9 Å². The van der Waals surface area contributed by atoms with Crippen LogP contribution in [0.25, 0.3) is 11.1 Å². The van der Waals surface area contributed by atoms with Crippen molar-refractivity contribution in [3.63, 3.8) is 0 Å². The highest BCUT2D eigenvalue weighted by molar-refractivity contribution is 5.92. The Balaban J connectivity index is 1.85. The zero-order chi connectivity index (χ0) is 27.2. The van der Waals surface area contributed by atoms with Crippen molar-refractivity contribution in [2.75, 3.05) is 18.5 Å². The summed E-state index contributed by atoms with van der Waals surface area (Å²) in [4.78, 5) is 25.3. The number of benzene rings is 2. The van der Waals surface area contributed by atoms with Crippen LogP contribution in [0.15, 0.2) is 59.8 Å². The van der Waals surface area contributed by atoms with Gasteiger partial charge < -0.3 is 14.9 Å². The van der Waals surface area contributed by atoms with Crippen LogP contribution in [0.2, 0.25) is 0 Å². The molecule has 1 atom stereocenters. The Kier molecular flexibility index (Phi) is 9.38. The molecule has 200 valence electrons. The Morgan fingerprint density at radius 1 is 1.05 bits per heavy atom. The minimum Gasteiger partial charge on any atom is -0.463 e. The molecular weight excluding hydrogens is 466 g/mol. The molecule has 3 rings (SSSR count). The van der Waals surface area contributed by atoms with E-state index in [9.17, 15) is 9.59 Å². The molecule has 0 fully saturated rings. The lowest BCUT2D eigenvalue weighted by molar-refractivity contribution is -0.139. The van der Waals surface area contributed by atoms with Gasteiger partial charge in [0.2, 0.25) is 0 Å². The summed E-state index contributed by atoms with van der Waals surface area (Å²) >= 11 is 0. The van der Waals surface area contributed by atoms with Gasteiger partial charge in [0.1, 0.15) is 5.60 Å². The zero-order valence-electron chi connectivity index (χ0n) is 23.2. The van der Waals surface area contributed by atoms with Crippen LogP contribution in [0.1, 0.15) is 60.5 Å². The second kappa shape index (κ2) is 12.3. The average molecular weight is 508 g/mol. The monoisotopic (exact) mass is 507 g/mol. The van der Waals surface area contributed by atoms with E-state index in [-0.39, 0.29) is 17.9 Å². The van der Waals surface area contributed by atoms with Crippen molar-refractivity contribution in [1.29, 1.82) is 0 Å².